The highest BCUT2D eigenvalue weighted by atomic mass is 16.7. The smallest absolute Gasteiger partial charge is 0.260 e. The zero-order chi connectivity index (χ0) is 24.5. The average molecular weight is 478 g/mol. The third-order valence-electron chi connectivity index (χ3n) is 6.13. The second-order valence-electron chi connectivity index (χ2n) is 8.40. The normalized spacial score (nSPS) is 15.4. The first kappa shape index (κ1) is 23.0. The molecule has 0 N–H and O–H groups in total. The van der Waals surface area contributed by atoms with Gasteiger partial charge in [0.1, 0.15) is 5.82 Å². The van der Waals surface area contributed by atoms with E-state index in [9.17, 15) is 4.79 Å². The summed E-state index contributed by atoms with van der Waals surface area (Å²) in [4.78, 5) is 30.6. The number of methoxy groups -OCH3 is 2. The van der Waals surface area contributed by atoms with Gasteiger partial charge in [0.25, 0.3) is 11.8 Å². The van der Waals surface area contributed by atoms with E-state index in [1.165, 1.54) is 0 Å². The van der Waals surface area contributed by atoms with E-state index in [0.717, 1.165) is 28.3 Å². The van der Waals surface area contributed by atoms with Gasteiger partial charge in [-0.1, -0.05) is 0 Å². The molecule has 0 radical (unpaired) electrons. The van der Waals surface area contributed by atoms with Crippen molar-refractivity contribution in [2.45, 2.75) is 19.8 Å². The van der Waals surface area contributed by atoms with Gasteiger partial charge in [0.05, 0.1) is 69.4 Å². The van der Waals surface area contributed by atoms with Gasteiger partial charge in [-0.25, -0.2) is 9.97 Å². The summed E-state index contributed by atoms with van der Waals surface area (Å²) in [5, 5.41) is 0. The van der Waals surface area contributed by atoms with E-state index in [1.54, 1.807) is 31.5 Å². The molecule has 1 amide bonds. The number of hydrogen-bond acceptors (Lipinski definition) is 9. The molecule has 2 aliphatic heterocycles. The first-order valence-electron chi connectivity index (χ1n) is 11.3. The average Bonchev–Trinajstić information content (AvgIpc) is 3.51. The van der Waals surface area contributed by atoms with E-state index >= 15 is 0 Å². The Morgan fingerprint density at radius 1 is 1.11 bits per heavy atom. The fourth-order valence-corrected chi connectivity index (χ4v) is 4.32. The number of anilines is 2. The summed E-state index contributed by atoms with van der Waals surface area (Å²) in [7, 11) is 5.04. The minimum atomic E-state index is -0.250. The number of rotatable bonds is 7. The van der Waals surface area contributed by atoms with Crippen LogP contribution >= 0.6 is 0 Å². The van der Waals surface area contributed by atoms with Crippen LogP contribution in [0.1, 0.15) is 21.6 Å². The van der Waals surface area contributed by atoms with E-state index in [0.29, 0.717) is 49.2 Å². The van der Waals surface area contributed by atoms with Gasteiger partial charge in [-0.3, -0.25) is 9.78 Å². The Morgan fingerprint density at radius 2 is 1.91 bits per heavy atom. The van der Waals surface area contributed by atoms with E-state index < -0.39 is 0 Å². The number of hydrogen-bond donors (Lipinski definition) is 0. The molecule has 0 saturated carbocycles. The molecule has 5 heterocycles. The van der Waals surface area contributed by atoms with Crippen LogP contribution in [0.5, 0.6) is 11.6 Å². The topological polar surface area (TPSA) is 99.1 Å². The molecule has 1 saturated heterocycles. The van der Waals surface area contributed by atoms with Gasteiger partial charge in [0, 0.05) is 18.8 Å². The highest BCUT2D eigenvalue weighted by Crippen LogP contribution is 2.34. The van der Waals surface area contributed by atoms with Gasteiger partial charge in [-0.15, -0.1) is 0 Å². The van der Waals surface area contributed by atoms with Crippen LogP contribution in [-0.4, -0.2) is 68.2 Å². The van der Waals surface area contributed by atoms with E-state index in [4.69, 9.17) is 23.9 Å². The lowest BCUT2D eigenvalue weighted by molar-refractivity contribution is -0.0337. The summed E-state index contributed by atoms with van der Waals surface area (Å²) in [5.41, 5.74) is 4.41. The third kappa shape index (κ3) is 4.38. The van der Waals surface area contributed by atoms with E-state index in [-0.39, 0.29) is 12.2 Å². The molecule has 0 aromatic carbocycles. The maximum atomic E-state index is 13.3. The number of carbonyl (C=O) groups excluding carboxylic acids is 1. The zero-order valence-electron chi connectivity index (χ0n) is 20.1. The lowest BCUT2D eigenvalue weighted by Gasteiger charge is -2.22. The second-order valence-corrected chi connectivity index (χ2v) is 8.40. The van der Waals surface area contributed by atoms with Crippen molar-refractivity contribution in [3.8, 4) is 22.9 Å². The van der Waals surface area contributed by atoms with Crippen LogP contribution in [0.15, 0.2) is 36.7 Å². The van der Waals surface area contributed by atoms with Gasteiger partial charge in [0.15, 0.2) is 12.0 Å². The number of aromatic nitrogens is 3. The van der Waals surface area contributed by atoms with Crippen molar-refractivity contribution in [3.63, 3.8) is 0 Å². The molecule has 0 spiro atoms. The standard InChI is InChI=1S/C25H27N5O5/c1-15-9-18(16-10-20(32-3)24(33-4)27-11-16)28-19-13-30(25(31)23(15)19)17-5-6-21(26-12-17)29(2)14-22-34-7-8-35-22/h5-6,9-12,22H,7-8,13-14H2,1-4H3. The minimum absolute atomic E-state index is 0.0855. The molecule has 10 nitrogen and oxygen atoms in total. The number of pyridine rings is 3. The Labute approximate surface area is 203 Å². The van der Waals surface area contributed by atoms with Crippen molar-refractivity contribution < 1.29 is 23.7 Å². The van der Waals surface area contributed by atoms with Crippen molar-refractivity contribution in [2.24, 2.45) is 0 Å². The molecule has 3 aromatic heterocycles. The Balaban J connectivity index is 1.37. The van der Waals surface area contributed by atoms with Crippen molar-refractivity contribution in [3.05, 3.63) is 53.5 Å². The maximum absolute atomic E-state index is 13.3. The number of ether oxygens (including phenoxy) is 4. The molecule has 0 bridgehead atoms. The Hall–Kier alpha value is -3.76. The fourth-order valence-electron chi connectivity index (χ4n) is 4.32. The van der Waals surface area contributed by atoms with E-state index in [1.807, 2.05) is 43.1 Å². The lowest BCUT2D eigenvalue weighted by Crippen LogP contribution is -2.30. The summed E-state index contributed by atoms with van der Waals surface area (Å²) in [6, 6.07) is 7.51. The SMILES string of the molecule is COc1cc(-c2cc(C)c3c(n2)CN(c2ccc(N(C)CC4OCCO4)nc2)C3=O)cnc1OC. The highest BCUT2D eigenvalue weighted by Gasteiger charge is 2.32. The van der Waals surface area contributed by atoms with E-state index in [2.05, 4.69) is 9.97 Å². The number of carbonyl (C=O) groups is 1. The molecule has 2 aliphatic rings. The quantitative estimate of drug-likeness (QED) is 0.509. The van der Waals surface area contributed by atoms with Gasteiger partial charge < -0.3 is 28.7 Å². The molecular formula is C25H27N5O5. The fraction of sp³-hybridized carbons (Fsp3) is 0.360. The third-order valence-corrected chi connectivity index (χ3v) is 6.13. The lowest BCUT2D eigenvalue weighted by atomic mass is 10.0. The largest absolute Gasteiger partial charge is 0.491 e. The van der Waals surface area contributed by atoms with Crippen LogP contribution < -0.4 is 19.3 Å². The monoisotopic (exact) mass is 477 g/mol. The predicted octanol–water partition coefficient (Wildman–Crippen LogP) is 2.83. The molecule has 1 fully saturated rings. The first-order valence-corrected chi connectivity index (χ1v) is 11.3. The molecule has 10 heteroatoms. The van der Waals surface area contributed by atoms with Gasteiger partial charge in [-0.2, -0.15) is 0 Å². The number of aryl methyl sites for hydroxylation is 1. The Bertz CT molecular complexity index is 1240. The summed E-state index contributed by atoms with van der Waals surface area (Å²) in [6.07, 6.45) is 3.14. The molecule has 5 rings (SSSR count). The van der Waals surface area contributed by atoms with Gasteiger partial charge in [-0.05, 0) is 36.8 Å². The predicted molar refractivity (Wildman–Crippen MR) is 129 cm³/mol. The highest BCUT2D eigenvalue weighted by molar-refractivity contribution is 6.10. The number of fused-ring (bicyclic) bond motifs is 1. The van der Waals surface area contributed by atoms with Crippen LogP contribution in [0.2, 0.25) is 0 Å². The van der Waals surface area contributed by atoms with Crippen LogP contribution in [-0.2, 0) is 16.0 Å². The van der Waals surface area contributed by atoms with Crippen molar-refractivity contribution in [1.29, 1.82) is 0 Å². The molecule has 35 heavy (non-hydrogen) atoms. The second kappa shape index (κ2) is 9.47. The first-order chi connectivity index (χ1) is 17.0. The molecular weight excluding hydrogens is 450 g/mol. The Morgan fingerprint density at radius 3 is 2.60 bits per heavy atom. The van der Waals surface area contributed by atoms with Gasteiger partial charge in [0.2, 0.25) is 0 Å². The van der Waals surface area contributed by atoms with Crippen LogP contribution in [0.4, 0.5) is 11.5 Å². The summed E-state index contributed by atoms with van der Waals surface area (Å²) >= 11 is 0. The molecule has 0 aliphatic carbocycles. The molecule has 3 aromatic rings. The number of nitrogens with zero attached hydrogens (tertiary/aromatic N) is 5. The summed E-state index contributed by atoms with van der Waals surface area (Å²) in [5.74, 6) is 1.61. The summed E-state index contributed by atoms with van der Waals surface area (Å²) in [6.45, 7) is 4.09. The van der Waals surface area contributed by atoms with Crippen molar-refractivity contribution >= 4 is 17.4 Å². The summed E-state index contributed by atoms with van der Waals surface area (Å²) < 4.78 is 21.6. The number of amides is 1. The molecule has 0 atom stereocenters. The number of likely N-dealkylation sites (N-methyl/N-ethyl adjacent to an activating group) is 1. The van der Waals surface area contributed by atoms with Crippen LogP contribution in [0.3, 0.4) is 0 Å². The van der Waals surface area contributed by atoms with Crippen molar-refractivity contribution in [1.82, 2.24) is 15.0 Å². The van der Waals surface area contributed by atoms with Crippen LogP contribution in [0.25, 0.3) is 11.3 Å². The molecule has 0 unspecified atom stereocenters. The van der Waals surface area contributed by atoms with Crippen LogP contribution in [0, 0.1) is 6.92 Å². The molecule has 182 valence electrons. The zero-order valence-corrected chi connectivity index (χ0v) is 20.1. The Kier molecular flexibility index (Phi) is 6.23. The van der Waals surface area contributed by atoms with Crippen molar-refractivity contribution in [2.75, 3.05) is 50.8 Å². The maximum Gasteiger partial charge on any atom is 0.260 e. The van der Waals surface area contributed by atoms with Gasteiger partial charge >= 0.3 is 0 Å². The minimum Gasteiger partial charge on any atom is -0.491 e.